The van der Waals surface area contributed by atoms with E-state index >= 15 is 0 Å². The smallest absolute Gasteiger partial charge is 0.171 e. The molecule has 0 aliphatic carbocycles. The monoisotopic (exact) mass is 294 g/mol. The maximum atomic E-state index is 13.6. The van der Waals surface area contributed by atoms with Crippen LogP contribution in [0.25, 0.3) is 0 Å². The molecule has 0 radical (unpaired) electrons. The molecule has 0 saturated carbocycles. The van der Waals surface area contributed by atoms with Crippen molar-refractivity contribution < 1.29 is 14.3 Å². The maximum Gasteiger partial charge on any atom is 0.171 e. The molecule has 2 rings (SSSR count). The Bertz CT molecular complexity index is 674. The number of ether oxygens (including phenoxy) is 1. The molecule has 4 nitrogen and oxygen atoms in total. The zero-order chi connectivity index (χ0) is 14.7. The lowest BCUT2D eigenvalue weighted by Crippen LogP contribution is -2.13. The molecule has 0 bridgehead atoms. The lowest BCUT2D eigenvalue weighted by atomic mass is 10.2. The zero-order valence-corrected chi connectivity index (χ0v) is 11.4. The van der Waals surface area contributed by atoms with Gasteiger partial charge in [0, 0.05) is 11.6 Å². The molecule has 0 amide bonds. The van der Waals surface area contributed by atoms with E-state index in [4.69, 9.17) is 27.3 Å². The van der Waals surface area contributed by atoms with Gasteiger partial charge in [-0.15, -0.1) is 0 Å². The van der Waals surface area contributed by atoms with Crippen molar-refractivity contribution in [1.29, 1.82) is 0 Å². The first-order chi connectivity index (χ1) is 9.51. The van der Waals surface area contributed by atoms with E-state index in [1.807, 2.05) is 6.92 Å². The van der Waals surface area contributed by atoms with Crippen molar-refractivity contribution in [3.05, 3.63) is 58.4 Å². The molecule has 0 fully saturated rings. The molecular formula is C14H12ClFN2O2. The molecule has 2 aromatic rings. The molecule has 0 unspecified atom stereocenters. The van der Waals surface area contributed by atoms with Gasteiger partial charge < -0.3 is 15.7 Å². The van der Waals surface area contributed by atoms with Gasteiger partial charge in [0.25, 0.3) is 0 Å². The summed E-state index contributed by atoms with van der Waals surface area (Å²) in [7, 11) is 0. The molecule has 0 heterocycles. The van der Waals surface area contributed by atoms with E-state index in [1.54, 1.807) is 18.2 Å². The van der Waals surface area contributed by atoms with Gasteiger partial charge in [0.1, 0.15) is 5.75 Å². The fourth-order valence-electron chi connectivity index (χ4n) is 1.64. The van der Waals surface area contributed by atoms with E-state index in [2.05, 4.69) is 5.16 Å². The van der Waals surface area contributed by atoms with E-state index in [0.717, 1.165) is 5.56 Å². The van der Waals surface area contributed by atoms with Gasteiger partial charge >= 0.3 is 0 Å². The first-order valence-electron chi connectivity index (χ1n) is 5.72. The van der Waals surface area contributed by atoms with Crippen LogP contribution < -0.4 is 10.5 Å². The second-order valence-electron chi connectivity index (χ2n) is 4.16. The summed E-state index contributed by atoms with van der Waals surface area (Å²) in [5.41, 5.74) is 6.70. The number of rotatable bonds is 3. The highest BCUT2D eigenvalue weighted by Gasteiger charge is 2.09. The Labute approximate surface area is 120 Å². The third-order valence-corrected chi connectivity index (χ3v) is 2.95. The van der Waals surface area contributed by atoms with Gasteiger partial charge in [-0.05, 0) is 36.8 Å². The van der Waals surface area contributed by atoms with E-state index in [-0.39, 0.29) is 16.6 Å². The minimum absolute atomic E-state index is 0.108. The van der Waals surface area contributed by atoms with Crippen LogP contribution in [0.1, 0.15) is 11.1 Å². The molecule has 0 aromatic heterocycles. The summed E-state index contributed by atoms with van der Waals surface area (Å²) in [6.07, 6.45) is 0. The van der Waals surface area contributed by atoms with Crippen LogP contribution in [0, 0.1) is 12.7 Å². The summed E-state index contributed by atoms with van der Waals surface area (Å²) in [5, 5.41) is 11.7. The first-order valence-corrected chi connectivity index (χ1v) is 6.10. The number of nitrogens with zero attached hydrogens (tertiary/aromatic N) is 1. The average molecular weight is 295 g/mol. The van der Waals surface area contributed by atoms with Crippen molar-refractivity contribution in [3.8, 4) is 11.5 Å². The van der Waals surface area contributed by atoms with Crippen molar-refractivity contribution in [3.63, 3.8) is 0 Å². The zero-order valence-electron chi connectivity index (χ0n) is 10.6. The molecule has 20 heavy (non-hydrogen) atoms. The van der Waals surface area contributed by atoms with Crippen molar-refractivity contribution in [2.75, 3.05) is 0 Å². The third-order valence-electron chi connectivity index (χ3n) is 2.64. The summed E-state index contributed by atoms with van der Waals surface area (Å²) in [5.74, 6) is -0.109. The Hall–Kier alpha value is -2.27. The molecular weight excluding hydrogens is 283 g/mol. The van der Waals surface area contributed by atoms with E-state index in [1.165, 1.54) is 18.2 Å². The number of oxime groups is 1. The Morgan fingerprint density at radius 3 is 2.70 bits per heavy atom. The summed E-state index contributed by atoms with van der Waals surface area (Å²) in [6.45, 7) is 1.83. The molecule has 3 N–H and O–H groups in total. The lowest BCUT2D eigenvalue weighted by Gasteiger charge is -2.09. The first kappa shape index (κ1) is 14.1. The molecule has 2 aromatic carbocycles. The van der Waals surface area contributed by atoms with Crippen LogP contribution in [0.15, 0.2) is 41.6 Å². The number of hydrogen-bond acceptors (Lipinski definition) is 3. The van der Waals surface area contributed by atoms with Gasteiger partial charge in [-0.1, -0.05) is 22.8 Å². The van der Waals surface area contributed by atoms with Gasteiger partial charge in [0.2, 0.25) is 0 Å². The fourth-order valence-corrected chi connectivity index (χ4v) is 1.90. The SMILES string of the molecule is Cc1ccc(F)c(Oc2ccc(C(N)=NO)c(Cl)c2)c1. The van der Waals surface area contributed by atoms with Gasteiger partial charge in [-0.3, -0.25) is 0 Å². The van der Waals surface area contributed by atoms with Crippen LogP contribution >= 0.6 is 11.6 Å². The number of nitrogens with two attached hydrogens (primary N) is 1. The molecule has 0 saturated heterocycles. The van der Waals surface area contributed by atoms with Crippen molar-refractivity contribution in [2.45, 2.75) is 6.92 Å². The van der Waals surface area contributed by atoms with Crippen LogP contribution in [-0.4, -0.2) is 11.0 Å². The second kappa shape index (κ2) is 5.79. The van der Waals surface area contributed by atoms with Crippen LogP contribution in [-0.2, 0) is 0 Å². The average Bonchev–Trinajstić information content (AvgIpc) is 2.42. The van der Waals surface area contributed by atoms with Crippen LogP contribution in [0.4, 0.5) is 4.39 Å². The topological polar surface area (TPSA) is 67.8 Å². The highest BCUT2D eigenvalue weighted by Crippen LogP contribution is 2.29. The van der Waals surface area contributed by atoms with Gasteiger partial charge in [-0.25, -0.2) is 4.39 Å². The minimum Gasteiger partial charge on any atom is -0.454 e. The maximum absolute atomic E-state index is 13.6. The minimum atomic E-state index is -0.466. The molecule has 0 aliphatic heterocycles. The predicted octanol–water partition coefficient (Wildman–Crippen LogP) is 3.67. The summed E-state index contributed by atoms with van der Waals surface area (Å²) in [4.78, 5) is 0. The van der Waals surface area contributed by atoms with E-state index < -0.39 is 5.82 Å². The number of amidine groups is 1. The molecule has 104 valence electrons. The number of benzene rings is 2. The number of aryl methyl sites for hydroxylation is 1. The highest BCUT2D eigenvalue weighted by molar-refractivity contribution is 6.34. The summed E-state index contributed by atoms with van der Waals surface area (Å²) in [6, 6.07) is 9.12. The van der Waals surface area contributed by atoms with Gasteiger partial charge in [-0.2, -0.15) is 0 Å². The quantitative estimate of drug-likeness (QED) is 0.393. The molecule has 0 atom stereocenters. The van der Waals surface area contributed by atoms with Crippen molar-refractivity contribution >= 4 is 17.4 Å². The normalized spacial score (nSPS) is 11.4. The van der Waals surface area contributed by atoms with Gasteiger partial charge in [0.15, 0.2) is 17.4 Å². The van der Waals surface area contributed by atoms with E-state index in [9.17, 15) is 4.39 Å². The summed E-state index contributed by atoms with van der Waals surface area (Å²) >= 11 is 5.99. The fraction of sp³-hybridized carbons (Fsp3) is 0.0714. The number of halogens is 2. The van der Waals surface area contributed by atoms with Crippen molar-refractivity contribution in [1.82, 2.24) is 0 Å². The largest absolute Gasteiger partial charge is 0.454 e. The predicted molar refractivity (Wildman–Crippen MR) is 75.2 cm³/mol. The van der Waals surface area contributed by atoms with Crippen LogP contribution in [0.3, 0.4) is 0 Å². The number of hydrogen-bond donors (Lipinski definition) is 2. The second-order valence-corrected chi connectivity index (χ2v) is 4.57. The van der Waals surface area contributed by atoms with E-state index in [0.29, 0.717) is 11.3 Å². The Morgan fingerprint density at radius 2 is 2.05 bits per heavy atom. The summed E-state index contributed by atoms with van der Waals surface area (Å²) < 4.78 is 19.0. The highest BCUT2D eigenvalue weighted by atomic mass is 35.5. The Morgan fingerprint density at radius 1 is 1.30 bits per heavy atom. The van der Waals surface area contributed by atoms with Crippen molar-refractivity contribution in [2.24, 2.45) is 10.9 Å². The molecule has 0 spiro atoms. The standard InChI is InChI=1S/C14H12ClFN2O2/c1-8-2-5-12(16)13(6-8)20-9-3-4-10(11(15)7-9)14(17)18-19/h2-7,19H,1H3,(H2,17,18). The Kier molecular flexibility index (Phi) is 4.10. The van der Waals surface area contributed by atoms with Gasteiger partial charge in [0.05, 0.1) is 5.02 Å². The third kappa shape index (κ3) is 3.00. The van der Waals surface area contributed by atoms with Crippen LogP contribution in [0.2, 0.25) is 5.02 Å². The molecule has 0 aliphatic rings. The van der Waals surface area contributed by atoms with Crippen LogP contribution in [0.5, 0.6) is 11.5 Å². The Balaban J connectivity index is 2.31. The molecule has 6 heteroatoms. The lowest BCUT2D eigenvalue weighted by molar-refractivity contribution is 0.318.